The van der Waals surface area contributed by atoms with Crippen molar-refractivity contribution in [3.8, 4) is 0 Å². The van der Waals surface area contributed by atoms with E-state index in [2.05, 4.69) is 24.5 Å². The SMILES string of the molecule is Cc1ccc(S(=O)(=O)OCC(=O)O[C@@H]2C[C@](C)(CNCCCNC(=O)OC(C)(C)C)[C@@H](O)[C@H](C)[C@]34CCC(=O)[C@H]3[C@@]2(C)[C@H](C)CC4)cc1. The maximum absolute atomic E-state index is 13.7. The fourth-order valence-corrected chi connectivity index (χ4v) is 9.57. The van der Waals surface area contributed by atoms with Gasteiger partial charge in [0, 0.05) is 36.3 Å². The average Bonchev–Trinajstić information content (AvgIpc) is 3.35. The highest BCUT2D eigenvalue weighted by molar-refractivity contribution is 7.86. The standard InChI is InChI=1S/C36H56N2O9S/c1-23-10-12-26(13-11-23)48(43,44)45-21-29(40)46-28-20-34(7,22-37-18-9-19-38-32(42)47-33(4,5)6)31(41)25(3)36-16-14-24(2)35(28,8)30(36)27(39)15-17-36/h10-13,24-25,28,30-31,37,41H,9,14-22H2,1-8H3,(H,38,42)/t24-,25+,28-,30+,31+,34-,35+,36+/m1/s1. The van der Waals surface area contributed by atoms with E-state index in [9.17, 15) is 27.9 Å². The Balaban J connectivity index is 1.54. The van der Waals surface area contributed by atoms with E-state index in [1.54, 1.807) is 32.9 Å². The second kappa shape index (κ2) is 14.4. The van der Waals surface area contributed by atoms with E-state index in [-0.39, 0.29) is 28.9 Å². The van der Waals surface area contributed by atoms with Gasteiger partial charge in [0.25, 0.3) is 10.1 Å². The van der Waals surface area contributed by atoms with Crippen LogP contribution in [0.4, 0.5) is 4.79 Å². The minimum atomic E-state index is -4.20. The summed E-state index contributed by atoms with van der Waals surface area (Å²) in [5.41, 5.74) is -1.63. The van der Waals surface area contributed by atoms with Crippen LogP contribution in [0.5, 0.6) is 0 Å². The summed E-state index contributed by atoms with van der Waals surface area (Å²) in [5.74, 6) is -1.24. The third-order valence-corrected chi connectivity index (χ3v) is 12.8. The second-order valence-electron chi connectivity index (χ2n) is 16.0. The molecule has 3 aliphatic carbocycles. The van der Waals surface area contributed by atoms with Crippen LogP contribution in [0.3, 0.4) is 0 Å². The van der Waals surface area contributed by atoms with Gasteiger partial charge in [-0.1, -0.05) is 45.4 Å². The van der Waals surface area contributed by atoms with Crippen molar-refractivity contribution < 1.29 is 41.6 Å². The highest BCUT2D eigenvalue weighted by Crippen LogP contribution is 2.67. The number of ketones is 1. The summed E-state index contributed by atoms with van der Waals surface area (Å²) in [4.78, 5) is 39.1. The predicted octanol–water partition coefficient (Wildman–Crippen LogP) is 4.93. The number of nitrogens with one attached hydrogen (secondary N) is 2. The van der Waals surface area contributed by atoms with Crippen LogP contribution in [0.15, 0.2) is 29.2 Å². The van der Waals surface area contributed by atoms with Crippen LogP contribution < -0.4 is 10.6 Å². The molecule has 0 aliphatic heterocycles. The number of aryl methyl sites for hydroxylation is 1. The third kappa shape index (κ3) is 7.92. The smallest absolute Gasteiger partial charge is 0.407 e. The van der Waals surface area contributed by atoms with Gasteiger partial charge in [0.05, 0.1) is 11.0 Å². The van der Waals surface area contributed by atoms with Crippen LogP contribution in [0.2, 0.25) is 0 Å². The molecule has 0 heterocycles. The van der Waals surface area contributed by atoms with Gasteiger partial charge in [0.2, 0.25) is 0 Å². The first-order chi connectivity index (χ1) is 22.2. The molecule has 2 bridgehead atoms. The average molecular weight is 693 g/mol. The number of carbonyl (C=O) groups excluding carboxylic acids is 3. The number of Topliss-reactive ketones (excluding diaryl/α,β-unsaturated/α-hetero) is 1. The molecule has 3 fully saturated rings. The third-order valence-electron chi connectivity index (χ3n) is 11.5. The molecule has 11 nitrogen and oxygen atoms in total. The summed E-state index contributed by atoms with van der Waals surface area (Å²) in [7, 11) is -4.20. The van der Waals surface area contributed by atoms with Gasteiger partial charge in [-0.25, -0.2) is 9.59 Å². The molecule has 0 aromatic heterocycles. The molecule has 48 heavy (non-hydrogen) atoms. The molecular formula is C36H56N2O9S. The van der Waals surface area contributed by atoms with Crippen molar-refractivity contribution in [3.63, 3.8) is 0 Å². The number of rotatable bonds is 11. The quantitative estimate of drug-likeness (QED) is 0.165. The maximum atomic E-state index is 13.7. The van der Waals surface area contributed by atoms with Crippen LogP contribution in [0.1, 0.15) is 92.6 Å². The number of alkyl carbamates (subject to hydrolysis) is 1. The van der Waals surface area contributed by atoms with Crippen LogP contribution in [-0.4, -0.2) is 75.4 Å². The number of aliphatic hydroxyl groups excluding tert-OH is 1. The Bertz CT molecular complexity index is 1440. The number of hydrogen-bond donors (Lipinski definition) is 3. The van der Waals surface area contributed by atoms with Crippen LogP contribution in [0.25, 0.3) is 0 Å². The largest absolute Gasteiger partial charge is 0.460 e. The molecule has 270 valence electrons. The maximum Gasteiger partial charge on any atom is 0.407 e. The normalized spacial score (nSPS) is 33.7. The van der Waals surface area contributed by atoms with Gasteiger partial charge in [-0.05, 0) is 95.7 Å². The van der Waals surface area contributed by atoms with E-state index < -0.39 is 68.8 Å². The first-order valence-corrected chi connectivity index (χ1v) is 18.7. The fourth-order valence-electron chi connectivity index (χ4n) is 8.71. The minimum absolute atomic E-state index is 0.0336. The number of carbonyl (C=O) groups is 3. The Labute approximate surface area is 286 Å². The fraction of sp³-hybridized carbons (Fsp3) is 0.750. The highest BCUT2D eigenvalue weighted by Gasteiger charge is 2.68. The Morgan fingerprint density at radius 1 is 1.06 bits per heavy atom. The van der Waals surface area contributed by atoms with E-state index in [4.69, 9.17) is 13.7 Å². The number of amides is 1. The van der Waals surface area contributed by atoms with Crippen molar-refractivity contribution in [3.05, 3.63) is 29.8 Å². The van der Waals surface area contributed by atoms with Gasteiger partial charge in [-0.2, -0.15) is 8.42 Å². The molecule has 0 saturated heterocycles. The van der Waals surface area contributed by atoms with Crippen LogP contribution in [-0.2, 0) is 33.4 Å². The number of esters is 1. The van der Waals surface area contributed by atoms with Crippen molar-refractivity contribution in [2.45, 2.75) is 117 Å². The van der Waals surface area contributed by atoms with Crippen molar-refractivity contribution in [2.24, 2.45) is 34.0 Å². The summed E-state index contributed by atoms with van der Waals surface area (Å²) in [6.45, 7) is 16.0. The van der Waals surface area contributed by atoms with Crippen LogP contribution in [0, 0.1) is 40.9 Å². The molecule has 12 heteroatoms. The van der Waals surface area contributed by atoms with Gasteiger partial charge in [-0.15, -0.1) is 0 Å². The zero-order chi connectivity index (χ0) is 35.7. The lowest BCUT2D eigenvalue weighted by molar-refractivity contribution is -0.212. The highest BCUT2D eigenvalue weighted by atomic mass is 32.2. The van der Waals surface area contributed by atoms with Gasteiger partial charge in [-0.3, -0.25) is 8.98 Å². The molecule has 8 atom stereocenters. The monoisotopic (exact) mass is 692 g/mol. The lowest BCUT2D eigenvalue weighted by atomic mass is 9.44. The van der Waals surface area contributed by atoms with Crippen molar-refractivity contribution in [1.29, 1.82) is 0 Å². The van der Waals surface area contributed by atoms with Gasteiger partial charge >= 0.3 is 12.1 Å². The summed E-state index contributed by atoms with van der Waals surface area (Å²) in [6.07, 6.45) is 1.54. The molecule has 4 rings (SSSR count). The van der Waals surface area contributed by atoms with E-state index in [1.165, 1.54) is 12.1 Å². The topological polar surface area (TPSA) is 157 Å². The Morgan fingerprint density at radius 2 is 1.73 bits per heavy atom. The zero-order valence-corrected chi connectivity index (χ0v) is 30.7. The molecule has 3 aliphatic rings. The number of hydrogen-bond acceptors (Lipinski definition) is 10. The van der Waals surface area contributed by atoms with Crippen LogP contribution >= 0.6 is 0 Å². The van der Waals surface area contributed by atoms with Gasteiger partial charge < -0.3 is 25.2 Å². The summed E-state index contributed by atoms with van der Waals surface area (Å²) in [6, 6.07) is 6.15. The van der Waals surface area contributed by atoms with E-state index in [0.717, 1.165) is 18.4 Å². The van der Waals surface area contributed by atoms with Gasteiger partial charge in [0.15, 0.2) is 6.61 Å². The van der Waals surface area contributed by atoms with E-state index in [1.807, 2.05) is 20.8 Å². The van der Waals surface area contributed by atoms with E-state index in [0.29, 0.717) is 38.9 Å². The number of ether oxygens (including phenoxy) is 2. The molecular weight excluding hydrogens is 636 g/mol. The minimum Gasteiger partial charge on any atom is -0.460 e. The van der Waals surface area contributed by atoms with Crippen molar-refractivity contribution >= 4 is 28.0 Å². The first-order valence-electron chi connectivity index (χ1n) is 17.3. The summed E-state index contributed by atoms with van der Waals surface area (Å²) in [5, 5.41) is 18.3. The molecule has 1 amide bonds. The molecule has 0 radical (unpaired) electrons. The first kappa shape index (κ1) is 38.3. The summed E-state index contributed by atoms with van der Waals surface area (Å²) >= 11 is 0. The Hall–Kier alpha value is -2.54. The lowest BCUT2D eigenvalue weighted by Gasteiger charge is -2.62. The lowest BCUT2D eigenvalue weighted by Crippen LogP contribution is -2.64. The Kier molecular flexibility index (Phi) is 11.5. The number of benzene rings is 1. The summed E-state index contributed by atoms with van der Waals surface area (Å²) < 4.78 is 42.3. The molecule has 1 aromatic rings. The van der Waals surface area contributed by atoms with Crippen molar-refractivity contribution in [2.75, 3.05) is 26.2 Å². The predicted molar refractivity (Wildman–Crippen MR) is 180 cm³/mol. The second-order valence-corrected chi connectivity index (χ2v) is 17.6. The molecule has 1 aromatic carbocycles. The Morgan fingerprint density at radius 3 is 2.38 bits per heavy atom. The molecule has 0 unspecified atom stereocenters. The van der Waals surface area contributed by atoms with Crippen molar-refractivity contribution in [1.82, 2.24) is 10.6 Å². The van der Waals surface area contributed by atoms with E-state index >= 15 is 0 Å². The number of aliphatic hydroxyl groups is 1. The molecule has 3 N–H and O–H groups in total. The van der Waals surface area contributed by atoms with Gasteiger partial charge in [0.1, 0.15) is 17.5 Å². The molecule has 3 saturated carbocycles. The zero-order valence-electron chi connectivity index (χ0n) is 29.9. The molecule has 0 spiro atoms.